The predicted octanol–water partition coefficient (Wildman–Crippen LogP) is 0.916. The summed E-state index contributed by atoms with van der Waals surface area (Å²) >= 11 is 0. The zero-order chi connectivity index (χ0) is 11.6. The molecule has 0 radical (unpaired) electrons. The van der Waals surface area contributed by atoms with Gasteiger partial charge in [-0.25, -0.2) is 0 Å². The molecular weight excluding hydrogens is 215 g/mol. The number of amides is 1. The molecule has 0 saturated carbocycles. The summed E-state index contributed by atoms with van der Waals surface area (Å²) in [6.07, 6.45) is -5.90. The third kappa shape index (κ3) is 2.60. The van der Waals surface area contributed by atoms with Crippen LogP contribution in [0, 0.1) is 5.92 Å². The number of rotatable bonds is 3. The molecule has 2 atom stereocenters. The molecule has 0 aliphatic carbocycles. The lowest BCUT2D eigenvalue weighted by Crippen LogP contribution is -2.37. The highest BCUT2D eigenvalue weighted by Gasteiger charge is 2.48. The summed E-state index contributed by atoms with van der Waals surface area (Å²) in [5, 5.41) is 0. The minimum Gasteiger partial charge on any atom is -0.444 e. The fourth-order valence-corrected chi connectivity index (χ4v) is 1.46. The van der Waals surface area contributed by atoms with E-state index in [9.17, 15) is 22.8 Å². The monoisotopic (exact) mass is 225 g/mol. The van der Waals surface area contributed by atoms with Gasteiger partial charge in [0.05, 0.1) is 5.92 Å². The summed E-state index contributed by atoms with van der Waals surface area (Å²) in [5.41, 5.74) is 0. The molecule has 1 fully saturated rings. The van der Waals surface area contributed by atoms with Crippen LogP contribution < -0.4 is 0 Å². The fourth-order valence-electron chi connectivity index (χ4n) is 1.46. The van der Waals surface area contributed by atoms with Gasteiger partial charge in [0.25, 0.3) is 6.47 Å². The van der Waals surface area contributed by atoms with Gasteiger partial charge in [0.1, 0.15) is 0 Å². The Morgan fingerprint density at radius 2 is 2.20 bits per heavy atom. The molecule has 1 heterocycles. The highest BCUT2D eigenvalue weighted by molar-refractivity contribution is 5.79. The Labute approximate surface area is 84.0 Å². The third-order valence-corrected chi connectivity index (χ3v) is 2.31. The Kier molecular flexibility index (Phi) is 3.21. The van der Waals surface area contributed by atoms with E-state index in [0.717, 1.165) is 4.90 Å². The van der Waals surface area contributed by atoms with Crippen LogP contribution in [-0.2, 0) is 14.3 Å². The maximum Gasteiger partial charge on any atom is 0.394 e. The van der Waals surface area contributed by atoms with Crippen LogP contribution in [0.15, 0.2) is 0 Å². The summed E-state index contributed by atoms with van der Waals surface area (Å²) in [7, 11) is 0. The van der Waals surface area contributed by atoms with E-state index in [-0.39, 0.29) is 6.47 Å². The van der Waals surface area contributed by atoms with Gasteiger partial charge in [-0.15, -0.1) is 0 Å². The van der Waals surface area contributed by atoms with E-state index in [4.69, 9.17) is 0 Å². The topological polar surface area (TPSA) is 46.6 Å². The van der Waals surface area contributed by atoms with Gasteiger partial charge in [-0.3, -0.25) is 9.59 Å². The van der Waals surface area contributed by atoms with E-state index in [0.29, 0.717) is 0 Å². The van der Waals surface area contributed by atoms with Crippen molar-refractivity contribution in [3.8, 4) is 0 Å². The van der Waals surface area contributed by atoms with E-state index in [1.165, 1.54) is 6.92 Å². The van der Waals surface area contributed by atoms with Gasteiger partial charge >= 0.3 is 6.18 Å². The van der Waals surface area contributed by atoms with Crippen LogP contribution in [0.2, 0.25) is 0 Å². The van der Waals surface area contributed by atoms with Crippen molar-refractivity contribution in [3.63, 3.8) is 0 Å². The van der Waals surface area contributed by atoms with E-state index in [2.05, 4.69) is 4.74 Å². The maximum atomic E-state index is 12.3. The number of likely N-dealkylation sites (tertiary alicyclic amines) is 1. The van der Waals surface area contributed by atoms with Crippen LogP contribution in [0.25, 0.3) is 0 Å². The van der Waals surface area contributed by atoms with Gasteiger partial charge < -0.3 is 9.64 Å². The molecule has 1 amide bonds. The largest absolute Gasteiger partial charge is 0.444 e. The number of carbonyl (C=O) groups excluding carboxylic acids is 2. The van der Waals surface area contributed by atoms with Crippen molar-refractivity contribution in [3.05, 3.63) is 0 Å². The van der Waals surface area contributed by atoms with Crippen LogP contribution in [-0.4, -0.2) is 36.2 Å². The highest BCUT2D eigenvalue weighted by Crippen LogP contribution is 2.34. The first-order valence-corrected chi connectivity index (χ1v) is 4.31. The quantitative estimate of drug-likeness (QED) is 0.671. The molecule has 2 unspecified atom stereocenters. The minimum absolute atomic E-state index is 0.110. The Morgan fingerprint density at radius 1 is 1.60 bits per heavy atom. The normalized spacial score (nSPS) is 24.1. The summed E-state index contributed by atoms with van der Waals surface area (Å²) in [6.45, 7) is 1.02. The van der Waals surface area contributed by atoms with E-state index in [1.54, 1.807) is 0 Å². The molecule has 0 bridgehead atoms. The lowest BCUT2D eigenvalue weighted by molar-refractivity contribution is -0.173. The molecule has 0 N–H and O–H groups in total. The van der Waals surface area contributed by atoms with Gasteiger partial charge in [-0.2, -0.15) is 13.2 Å². The van der Waals surface area contributed by atoms with Crippen LogP contribution >= 0.6 is 0 Å². The zero-order valence-electron chi connectivity index (χ0n) is 7.95. The Balaban J connectivity index is 2.64. The Hall–Kier alpha value is -1.27. The molecule has 0 aromatic heterocycles. The van der Waals surface area contributed by atoms with Crippen molar-refractivity contribution in [2.24, 2.45) is 5.92 Å². The smallest absolute Gasteiger partial charge is 0.394 e. The molecule has 0 aromatic rings. The van der Waals surface area contributed by atoms with Crippen molar-refractivity contribution in [2.75, 3.05) is 6.54 Å². The van der Waals surface area contributed by atoms with Gasteiger partial charge in [0, 0.05) is 13.0 Å². The van der Waals surface area contributed by atoms with Gasteiger partial charge in [-0.1, -0.05) is 0 Å². The second-order valence-electron chi connectivity index (χ2n) is 3.32. The molecule has 7 heteroatoms. The van der Waals surface area contributed by atoms with E-state index in [1.807, 2.05) is 0 Å². The van der Waals surface area contributed by atoms with Crippen LogP contribution in [0.4, 0.5) is 13.2 Å². The van der Waals surface area contributed by atoms with Gasteiger partial charge in [0.2, 0.25) is 5.91 Å². The molecular formula is C8H10F3NO3. The Bertz CT molecular complexity index is 266. The first-order valence-electron chi connectivity index (χ1n) is 4.31. The number of halogens is 3. The second-order valence-corrected chi connectivity index (χ2v) is 3.32. The first-order chi connectivity index (χ1) is 6.86. The number of hydrogen-bond acceptors (Lipinski definition) is 3. The molecule has 86 valence electrons. The van der Waals surface area contributed by atoms with Crippen LogP contribution in [0.5, 0.6) is 0 Å². The van der Waals surface area contributed by atoms with Gasteiger partial charge in [0.15, 0.2) is 6.23 Å². The van der Waals surface area contributed by atoms with E-state index < -0.39 is 37.2 Å². The maximum absolute atomic E-state index is 12.3. The molecule has 1 aliphatic heterocycles. The number of hydrogen-bond donors (Lipinski definition) is 0. The van der Waals surface area contributed by atoms with E-state index >= 15 is 0 Å². The van der Waals surface area contributed by atoms with Crippen LogP contribution in [0.3, 0.4) is 0 Å². The molecule has 1 saturated heterocycles. The molecule has 1 rings (SSSR count). The number of carbonyl (C=O) groups is 2. The molecule has 15 heavy (non-hydrogen) atoms. The van der Waals surface area contributed by atoms with Crippen molar-refractivity contribution in [1.29, 1.82) is 0 Å². The lowest BCUT2D eigenvalue weighted by atomic mass is 10.1. The van der Waals surface area contributed by atoms with Crippen molar-refractivity contribution < 1.29 is 27.5 Å². The summed E-state index contributed by atoms with van der Waals surface area (Å²) in [5.74, 6) is -2.31. The minimum atomic E-state index is -4.38. The standard InChI is InChI=1S/C8H10F3NO3/c1-5(15-4-13)12-3-6(2-7(12)14)8(9,10)11/h4-6H,2-3H2,1H3. The van der Waals surface area contributed by atoms with Crippen molar-refractivity contribution in [2.45, 2.75) is 25.7 Å². The predicted molar refractivity (Wildman–Crippen MR) is 42.5 cm³/mol. The van der Waals surface area contributed by atoms with Gasteiger partial charge in [-0.05, 0) is 6.92 Å². The SMILES string of the molecule is CC(OC=O)N1CC(C(F)(F)F)CC1=O. The summed E-state index contributed by atoms with van der Waals surface area (Å²) < 4.78 is 41.2. The second kappa shape index (κ2) is 4.08. The van der Waals surface area contributed by atoms with Crippen molar-refractivity contribution in [1.82, 2.24) is 4.90 Å². The molecule has 0 spiro atoms. The van der Waals surface area contributed by atoms with Crippen LogP contribution in [0.1, 0.15) is 13.3 Å². The summed E-state index contributed by atoms with van der Waals surface area (Å²) in [4.78, 5) is 22.1. The summed E-state index contributed by atoms with van der Waals surface area (Å²) in [6, 6.07) is 0. The molecule has 1 aliphatic rings. The average Bonchev–Trinajstić information content (AvgIpc) is 2.47. The van der Waals surface area contributed by atoms with Crippen molar-refractivity contribution >= 4 is 12.4 Å². The number of ether oxygens (including phenoxy) is 1. The highest BCUT2D eigenvalue weighted by atomic mass is 19.4. The zero-order valence-corrected chi connectivity index (χ0v) is 7.95. The average molecular weight is 225 g/mol. The number of nitrogens with zero attached hydrogens (tertiary/aromatic N) is 1. The fraction of sp³-hybridized carbons (Fsp3) is 0.750. The Morgan fingerprint density at radius 3 is 2.60 bits per heavy atom. The number of alkyl halides is 3. The molecule has 0 aromatic carbocycles. The molecule has 4 nitrogen and oxygen atoms in total. The first kappa shape index (κ1) is 11.8. The third-order valence-electron chi connectivity index (χ3n) is 2.31. The lowest BCUT2D eigenvalue weighted by Gasteiger charge is -2.23.